The van der Waals surface area contributed by atoms with Crippen molar-refractivity contribution in [1.29, 1.82) is 0 Å². The molecule has 1 nitrogen and oxygen atoms in total. The van der Waals surface area contributed by atoms with Crippen molar-refractivity contribution >= 4 is 0 Å². The van der Waals surface area contributed by atoms with Crippen LogP contribution in [0.1, 0.15) is 34.1 Å². The predicted octanol–water partition coefficient (Wildman–Crippen LogP) is 4.04. The van der Waals surface area contributed by atoms with Crippen LogP contribution >= 0.6 is 0 Å². The van der Waals surface area contributed by atoms with Crippen molar-refractivity contribution in [2.45, 2.75) is 34.1 Å². The quantitative estimate of drug-likeness (QED) is 0.618. The first-order valence-electron chi connectivity index (χ1n) is 5.74. The van der Waals surface area contributed by atoms with Gasteiger partial charge in [0.25, 0.3) is 0 Å². The lowest BCUT2D eigenvalue weighted by atomic mass is 10.4. The van der Waals surface area contributed by atoms with Gasteiger partial charge in [-0.25, -0.2) is 0 Å². The molecule has 0 radical (unpaired) electrons. The summed E-state index contributed by atoms with van der Waals surface area (Å²) in [7, 11) is 2.11. The molecule has 0 aromatic heterocycles. The van der Waals surface area contributed by atoms with Crippen molar-refractivity contribution < 1.29 is 0 Å². The zero-order chi connectivity index (χ0) is 11.9. The third-order valence-electron chi connectivity index (χ3n) is 1.78. The summed E-state index contributed by atoms with van der Waals surface area (Å²) >= 11 is 0. The summed E-state index contributed by atoms with van der Waals surface area (Å²) in [5.74, 6) is 0. The molecule has 0 fully saturated rings. The van der Waals surface area contributed by atoms with Crippen LogP contribution in [0, 0.1) is 0 Å². The van der Waals surface area contributed by atoms with Crippen LogP contribution in [0.5, 0.6) is 0 Å². The molecule has 1 heteroatoms. The lowest BCUT2D eigenvalue weighted by molar-refractivity contribution is 0.412. The highest BCUT2D eigenvalue weighted by atomic mass is 15.1. The smallest absolute Gasteiger partial charge is 0.0163 e. The highest BCUT2D eigenvalue weighted by Gasteiger charge is 1.87. The molecule has 0 aliphatic carbocycles. The van der Waals surface area contributed by atoms with E-state index in [4.69, 9.17) is 0 Å². The number of allylic oxidation sites excluding steroid dienone is 4. The van der Waals surface area contributed by atoms with Crippen molar-refractivity contribution in [2.24, 2.45) is 0 Å². The molecule has 0 aromatic rings. The Morgan fingerprint density at radius 1 is 0.800 bits per heavy atom. The average Bonchev–Trinajstić information content (AvgIpc) is 2.25. The molecule has 0 spiro atoms. The molecule has 88 valence electrons. The molecule has 15 heavy (non-hydrogen) atoms. The van der Waals surface area contributed by atoms with E-state index in [2.05, 4.69) is 55.3 Å². The van der Waals surface area contributed by atoms with Gasteiger partial charge in [-0.3, -0.25) is 4.90 Å². The number of hydrogen-bond acceptors (Lipinski definition) is 1. The molecule has 0 unspecified atom stereocenters. The molecule has 0 heterocycles. The lowest BCUT2D eigenvalue weighted by Crippen LogP contribution is -2.17. The second-order valence-corrected chi connectivity index (χ2v) is 3.34. The number of hydrogen-bond donors (Lipinski definition) is 0. The fourth-order valence-electron chi connectivity index (χ4n) is 0.881. The van der Waals surface area contributed by atoms with E-state index in [9.17, 15) is 0 Å². The molecule has 0 bridgehead atoms. The van der Waals surface area contributed by atoms with Gasteiger partial charge in [0.15, 0.2) is 0 Å². The van der Waals surface area contributed by atoms with Crippen LogP contribution < -0.4 is 0 Å². The van der Waals surface area contributed by atoms with E-state index < -0.39 is 0 Å². The molecule has 0 rings (SSSR count). The topological polar surface area (TPSA) is 3.24 Å². The van der Waals surface area contributed by atoms with Crippen molar-refractivity contribution in [3.05, 3.63) is 36.5 Å². The minimum atomic E-state index is 1.04. The number of nitrogens with zero attached hydrogens (tertiary/aromatic N) is 1. The highest BCUT2D eigenvalue weighted by molar-refractivity contribution is 4.85. The average molecular weight is 209 g/mol. The van der Waals surface area contributed by atoms with Crippen LogP contribution in [-0.4, -0.2) is 25.0 Å². The Labute approximate surface area is 96.2 Å². The summed E-state index contributed by atoms with van der Waals surface area (Å²) in [4.78, 5) is 2.25. The summed E-state index contributed by atoms with van der Waals surface area (Å²) in [5, 5.41) is 0. The maximum Gasteiger partial charge on any atom is 0.0163 e. The summed E-state index contributed by atoms with van der Waals surface area (Å²) in [6.07, 6.45) is 13.8. The Kier molecular flexibility index (Phi) is 17.3. The van der Waals surface area contributed by atoms with Crippen molar-refractivity contribution in [1.82, 2.24) is 4.90 Å². The first-order valence-corrected chi connectivity index (χ1v) is 5.74. The Balaban J connectivity index is 0. The normalized spacial score (nSPS) is 11.6. The molecular formula is C14H27N. The monoisotopic (exact) mass is 209 g/mol. The maximum absolute atomic E-state index is 2.25. The van der Waals surface area contributed by atoms with Gasteiger partial charge in [0.1, 0.15) is 0 Å². The van der Waals surface area contributed by atoms with Crippen LogP contribution in [-0.2, 0) is 0 Å². The molecule has 0 N–H and O–H groups in total. The zero-order valence-corrected chi connectivity index (χ0v) is 11.0. The Bertz CT molecular complexity index is 164. The van der Waals surface area contributed by atoms with Gasteiger partial charge in [0.2, 0.25) is 0 Å². The van der Waals surface area contributed by atoms with E-state index >= 15 is 0 Å². The van der Waals surface area contributed by atoms with E-state index in [1.165, 1.54) is 0 Å². The first kappa shape index (κ1) is 16.6. The SMILES string of the molecule is CC=CCC.CC=CCN(C)CC=CC. The molecule has 0 atom stereocenters. The van der Waals surface area contributed by atoms with E-state index in [-0.39, 0.29) is 0 Å². The standard InChI is InChI=1S/C9H17N.C5H10/c1-4-6-8-10(3)9-7-5-2;1-3-5-4-2/h4-7H,8-9H2,1-3H3;3,5H,4H2,1-2H3. The Morgan fingerprint density at radius 3 is 1.40 bits per heavy atom. The minimum Gasteiger partial charge on any atom is -0.299 e. The van der Waals surface area contributed by atoms with Crippen LogP contribution in [0.3, 0.4) is 0 Å². The zero-order valence-electron chi connectivity index (χ0n) is 11.0. The number of likely N-dealkylation sites (N-methyl/N-ethyl adjacent to an activating group) is 1. The predicted molar refractivity (Wildman–Crippen MR) is 72.2 cm³/mol. The Hall–Kier alpha value is -0.820. The van der Waals surface area contributed by atoms with Gasteiger partial charge in [-0.1, -0.05) is 43.4 Å². The van der Waals surface area contributed by atoms with Crippen molar-refractivity contribution in [2.75, 3.05) is 20.1 Å². The van der Waals surface area contributed by atoms with Crippen LogP contribution in [0.15, 0.2) is 36.5 Å². The maximum atomic E-state index is 2.25. The van der Waals surface area contributed by atoms with Gasteiger partial charge in [0.05, 0.1) is 0 Å². The molecule has 0 aliphatic rings. The summed E-state index contributed by atoms with van der Waals surface area (Å²) in [6.45, 7) is 10.3. The van der Waals surface area contributed by atoms with Crippen LogP contribution in [0.4, 0.5) is 0 Å². The van der Waals surface area contributed by atoms with Crippen LogP contribution in [0.2, 0.25) is 0 Å². The minimum absolute atomic E-state index is 1.04. The van der Waals surface area contributed by atoms with Crippen molar-refractivity contribution in [3.8, 4) is 0 Å². The first-order chi connectivity index (χ1) is 7.22. The number of rotatable bonds is 5. The van der Waals surface area contributed by atoms with Gasteiger partial charge in [-0.05, 0) is 34.2 Å². The summed E-state index contributed by atoms with van der Waals surface area (Å²) < 4.78 is 0. The lowest BCUT2D eigenvalue weighted by Gasteiger charge is -2.09. The summed E-state index contributed by atoms with van der Waals surface area (Å²) in [6, 6.07) is 0. The van der Waals surface area contributed by atoms with E-state index in [1.54, 1.807) is 0 Å². The van der Waals surface area contributed by atoms with Gasteiger partial charge in [-0.15, -0.1) is 0 Å². The van der Waals surface area contributed by atoms with Gasteiger partial charge >= 0.3 is 0 Å². The molecule has 0 saturated heterocycles. The largest absolute Gasteiger partial charge is 0.299 e. The second kappa shape index (κ2) is 15.6. The molecule has 0 aromatic carbocycles. The molecule has 0 saturated carbocycles. The third kappa shape index (κ3) is 19.5. The van der Waals surface area contributed by atoms with E-state index in [0.717, 1.165) is 19.5 Å². The van der Waals surface area contributed by atoms with Crippen LogP contribution in [0.25, 0.3) is 0 Å². The van der Waals surface area contributed by atoms with E-state index in [0.29, 0.717) is 0 Å². The van der Waals surface area contributed by atoms with Crippen molar-refractivity contribution in [3.63, 3.8) is 0 Å². The fraction of sp³-hybridized carbons (Fsp3) is 0.571. The molecule has 0 amide bonds. The molecule has 0 aliphatic heterocycles. The fourth-order valence-corrected chi connectivity index (χ4v) is 0.881. The van der Waals surface area contributed by atoms with Gasteiger partial charge in [-0.2, -0.15) is 0 Å². The highest BCUT2D eigenvalue weighted by Crippen LogP contribution is 1.84. The van der Waals surface area contributed by atoms with Gasteiger partial charge in [0, 0.05) is 13.1 Å². The second-order valence-electron chi connectivity index (χ2n) is 3.34. The Morgan fingerprint density at radius 2 is 1.20 bits per heavy atom. The van der Waals surface area contributed by atoms with E-state index in [1.807, 2.05) is 20.8 Å². The van der Waals surface area contributed by atoms with Gasteiger partial charge < -0.3 is 0 Å². The summed E-state index contributed by atoms with van der Waals surface area (Å²) in [5.41, 5.74) is 0. The third-order valence-corrected chi connectivity index (χ3v) is 1.78. The molecular weight excluding hydrogens is 182 g/mol.